The SMILES string of the molecule is CCOCc1nc2c(Cl)nc3ccc(C)c(C)c3c2n1CCO. The van der Waals surface area contributed by atoms with Gasteiger partial charge in [-0.2, -0.15) is 0 Å². The fraction of sp³-hybridized carbons (Fsp3) is 0.412. The molecule has 2 heterocycles. The number of aromatic nitrogens is 3. The lowest BCUT2D eigenvalue weighted by atomic mass is 10.0. The highest BCUT2D eigenvalue weighted by Crippen LogP contribution is 2.33. The predicted molar refractivity (Wildman–Crippen MR) is 91.9 cm³/mol. The molecule has 0 amide bonds. The zero-order valence-corrected chi connectivity index (χ0v) is 14.3. The quantitative estimate of drug-likeness (QED) is 0.727. The number of nitrogens with zero attached hydrogens (tertiary/aromatic N) is 3. The highest BCUT2D eigenvalue weighted by molar-refractivity contribution is 6.35. The van der Waals surface area contributed by atoms with Crippen LogP contribution in [0, 0.1) is 13.8 Å². The highest BCUT2D eigenvalue weighted by atomic mass is 35.5. The largest absolute Gasteiger partial charge is 0.395 e. The molecule has 3 aromatic rings. The van der Waals surface area contributed by atoms with Gasteiger partial charge in [0.25, 0.3) is 0 Å². The molecule has 0 aliphatic carbocycles. The summed E-state index contributed by atoms with van der Waals surface area (Å²) in [7, 11) is 0. The Morgan fingerprint density at radius 2 is 2.04 bits per heavy atom. The molecule has 0 atom stereocenters. The molecule has 23 heavy (non-hydrogen) atoms. The van der Waals surface area contributed by atoms with E-state index in [1.807, 2.05) is 23.6 Å². The van der Waals surface area contributed by atoms with E-state index >= 15 is 0 Å². The minimum absolute atomic E-state index is 0.0247. The van der Waals surface area contributed by atoms with Gasteiger partial charge in [-0.3, -0.25) is 0 Å². The molecule has 0 saturated heterocycles. The first-order chi connectivity index (χ1) is 11.1. The Bertz CT molecular complexity index is 874. The Morgan fingerprint density at radius 3 is 2.74 bits per heavy atom. The summed E-state index contributed by atoms with van der Waals surface area (Å²) in [5.74, 6) is 0.757. The summed E-state index contributed by atoms with van der Waals surface area (Å²) in [6, 6.07) is 4.02. The molecule has 0 bridgehead atoms. The third-order valence-corrected chi connectivity index (χ3v) is 4.43. The van der Waals surface area contributed by atoms with E-state index in [1.165, 1.54) is 5.56 Å². The van der Waals surface area contributed by atoms with Gasteiger partial charge >= 0.3 is 0 Å². The maximum absolute atomic E-state index is 9.47. The van der Waals surface area contributed by atoms with Crippen LogP contribution in [-0.4, -0.2) is 32.9 Å². The van der Waals surface area contributed by atoms with Crippen molar-refractivity contribution in [1.82, 2.24) is 14.5 Å². The maximum Gasteiger partial charge on any atom is 0.157 e. The molecular weight excluding hydrogens is 314 g/mol. The number of rotatable bonds is 5. The summed E-state index contributed by atoms with van der Waals surface area (Å²) in [5.41, 5.74) is 4.76. The van der Waals surface area contributed by atoms with Crippen molar-refractivity contribution in [2.45, 2.75) is 33.9 Å². The van der Waals surface area contributed by atoms with E-state index in [2.05, 4.69) is 23.8 Å². The Labute approximate surface area is 139 Å². The minimum atomic E-state index is 0.0247. The molecule has 6 heteroatoms. The zero-order chi connectivity index (χ0) is 16.6. The van der Waals surface area contributed by atoms with E-state index in [1.54, 1.807) is 0 Å². The van der Waals surface area contributed by atoms with Crippen LogP contribution in [0.15, 0.2) is 12.1 Å². The lowest BCUT2D eigenvalue weighted by Crippen LogP contribution is -2.09. The molecule has 0 saturated carbocycles. The summed E-state index contributed by atoms with van der Waals surface area (Å²) < 4.78 is 7.51. The smallest absolute Gasteiger partial charge is 0.157 e. The second-order valence-corrected chi connectivity index (χ2v) is 5.90. The van der Waals surface area contributed by atoms with Crippen LogP contribution in [0.1, 0.15) is 23.9 Å². The van der Waals surface area contributed by atoms with E-state index in [9.17, 15) is 5.11 Å². The monoisotopic (exact) mass is 333 g/mol. The molecule has 0 radical (unpaired) electrons. The molecular formula is C17H20ClN3O2. The van der Waals surface area contributed by atoms with Crippen molar-refractivity contribution in [2.24, 2.45) is 0 Å². The Hall–Kier alpha value is -1.69. The van der Waals surface area contributed by atoms with Crippen LogP contribution in [0.2, 0.25) is 5.15 Å². The van der Waals surface area contributed by atoms with Gasteiger partial charge in [0.2, 0.25) is 0 Å². The lowest BCUT2D eigenvalue weighted by molar-refractivity contribution is 0.125. The van der Waals surface area contributed by atoms with Crippen molar-refractivity contribution in [1.29, 1.82) is 0 Å². The number of fused-ring (bicyclic) bond motifs is 3. The Balaban J connectivity index is 2.42. The van der Waals surface area contributed by atoms with E-state index in [-0.39, 0.29) is 6.61 Å². The van der Waals surface area contributed by atoms with E-state index in [4.69, 9.17) is 16.3 Å². The molecule has 0 unspecified atom stereocenters. The molecule has 1 aromatic carbocycles. The van der Waals surface area contributed by atoms with Crippen LogP contribution in [-0.2, 0) is 17.9 Å². The molecule has 3 rings (SSSR count). The maximum atomic E-state index is 9.47. The molecule has 0 spiro atoms. The van der Waals surface area contributed by atoms with E-state index in [0.29, 0.717) is 30.4 Å². The number of hydrogen-bond acceptors (Lipinski definition) is 4. The summed E-state index contributed by atoms with van der Waals surface area (Å²) in [6.07, 6.45) is 0. The average Bonchev–Trinajstić information content (AvgIpc) is 2.89. The van der Waals surface area contributed by atoms with Crippen LogP contribution in [0.4, 0.5) is 0 Å². The van der Waals surface area contributed by atoms with Crippen molar-refractivity contribution >= 4 is 33.5 Å². The van der Waals surface area contributed by atoms with Crippen molar-refractivity contribution in [3.63, 3.8) is 0 Å². The molecule has 0 aliphatic rings. The number of pyridine rings is 1. The van der Waals surface area contributed by atoms with Gasteiger partial charge < -0.3 is 14.4 Å². The summed E-state index contributed by atoms with van der Waals surface area (Å²) >= 11 is 6.36. The number of halogens is 1. The second kappa shape index (κ2) is 6.43. The number of ether oxygens (including phenoxy) is 1. The number of aryl methyl sites for hydroxylation is 2. The van der Waals surface area contributed by atoms with E-state index in [0.717, 1.165) is 27.8 Å². The van der Waals surface area contributed by atoms with Gasteiger partial charge in [0.05, 0.1) is 17.6 Å². The number of aliphatic hydroxyl groups excluding tert-OH is 1. The molecule has 1 N–H and O–H groups in total. The molecule has 0 fully saturated rings. The summed E-state index contributed by atoms with van der Waals surface area (Å²) in [5, 5.41) is 10.9. The second-order valence-electron chi connectivity index (χ2n) is 5.54. The molecule has 122 valence electrons. The van der Waals surface area contributed by atoms with Gasteiger partial charge in [-0.05, 0) is 38.0 Å². The Kier molecular flexibility index (Phi) is 4.53. The third kappa shape index (κ3) is 2.69. The molecule has 2 aromatic heterocycles. The van der Waals surface area contributed by atoms with Crippen LogP contribution in [0.5, 0.6) is 0 Å². The normalized spacial score (nSPS) is 11.7. The van der Waals surface area contributed by atoms with Gasteiger partial charge in [0.1, 0.15) is 17.9 Å². The van der Waals surface area contributed by atoms with Crippen molar-refractivity contribution in [3.8, 4) is 0 Å². The predicted octanol–water partition coefficient (Wildman–Crippen LogP) is 3.38. The van der Waals surface area contributed by atoms with Gasteiger partial charge in [-0.1, -0.05) is 17.7 Å². The number of aliphatic hydroxyl groups is 1. The van der Waals surface area contributed by atoms with Crippen LogP contribution < -0.4 is 0 Å². The summed E-state index contributed by atoms with van der Waals surface area (Å²) in [6.45, 7) is 7.55. The first kappa shape index (κ1) is 16.2. The van der Waals surface area contributed by atoms with Gasteiger partial charge in [-0.25, -0.2) is 9.97 Å². The van der Waals surface area contributed by atoms with Gasteiger partial charge in [0, 0.05) is 18.5 Å². The number of imidazole rings is 1. The standard InChI is InChI=1S/C17H20ClN3O2/c1-4-23-9-13-20-15-16(21(13)7-8-22)14-11(3)10(2)5-6-12(14)19-17(15)18/h5-6,22H,4,7-9H2,1-3H3. The van der Waals surface area contributed by atoms with Crippen molar-refractivity contribution < 1.29 is 9.84 Å². The highest BCUT2D eigenvalue weighted by Gasteiger charge is 2.19. The van der Waals surface area contributed by atoms with E-state index < -0.39 is 0 Å². The number of benzene rings is 1. The summed E-state index contributed by atoms with van der Waals surface area (Å²) in [4.78, 5) is 9.11. The van der Waals surface area contributed by atoms with Crippen LogP contribution >= 0.6 is 11.6 Å². The topological polar surface area (TPSA) is 60.2 Å². The zero-order valence-electron chi connectivity index (χ0n) is 13.6. The van der Waals surface area contributed by atoms with Crippen molar-refractivity contribution in [3.05, 3.63) is 34.2 Å². The Morgan fingerprint density at radius 1 is 1.26 bits per heavy atom. The van der Waals surface area contributed by atoms with Gasteiger partial charge in [0.15, 0.2) is 5.15 Å². The lowest BCUT2D eigenvalue weighted by Gasteiger charge is -2.12. The molecule has 5 nitrogen and oxygen atoms in total. The van der Waals surface area contributed by atoms with Gasteiger partial charge in [-0.15, -0.1) is 0 Å². The van der Waals surface area contributed by atoms with Crippen molar-refractivity contribution in [2.75, 3.05) is 13.2 Å². The fourth-order valence-electron chi connectivity index (χ4n) is 2.89. The van der Waals surface area contributed by atoms with Crippen LogP contribution in [0.25, 0.3) is 21.9 Å². The first-order valence-electron chi connectivity index (χ1n) is 7.71. The number of hydrogen-bond donors (Lipinski definition) is 1. The fourth-order valence-corrected chi connectivity index (χ4v) is 3.12. The first-order valence-corrected chi connectivity index (χ1v) is 8.09. The third-order valence-electron chi connectivity index (χ3n) is 4.17. The molecule has 0 aliphatic heterocycles. The minimum Gasteiger partial charge on any atom is -0.395 e. The average molecular weight is 334 g/mol. The van der Waals surface area contributed by atoms with Crippen LogP contribution in [0.3, 0.4) is 0 Å².